The number of amides is 1. The van der Waals surface area contributed by atoms with E-state index in [1.54, 1.807) is 6.92 Å². The van der Waals surface area contributed by atoms with Crippen LogP contribution in [0.2, 0.25) is 5.02 Å². The van der Waals surface area contributed by atoms with Crippen molar-refractivity contribution in [2.24, 2.45) is 0 Å². The fourth-order valence-corrected chi connectivity index (χ4v) is 3.32. The lowest BCUT2D eigenvalue weighted by molar-refractivity contribution is -0.141. The Bertz CT molecular complexity index is 536. The van der Waals surface area contributed by atoms with Crippen LogP contribution in [0.1, 0.15) is 17.3 Å². The lowest BCUT2D eigenvalue weighted by atomic mass is 10.1. The van der Waals surface area contributed by atoms with Gasteiger partial charge in [-0.15, -0.1) is 11.8 Å². The molecule has 2 unspecified atom stereocenters. The van der Waals surface area contributed by atoms with Gasteiger partial charge < -0.3 is 15.1 Å². The van der Waals surface area contributed by atoms with E-state index in [1.807, 2.05) is 0 Å². The molecule has 19 heavy (non-hydrogen) atoms. The number of hydrogen-bond acceptors (Lipinski definition) is 4. The standard InChI is InChI=1S/C12H12ClNO4S/c1-6-14(10(5-19-6)12(17)18)11(16)8-4-7(15)2-3-9(8)13/h2-4,6,10,15H,5H2,1H3,(H,17,18). The SMILES string of the molecule is CC1SCC(C(=O)O)N1C(=O)c1cc(O)ccc1Cl. The van der Waals surface area contributed by atoms with Crippen LogP contribution in [0, 0.1) is 0 Å². The number of carbonyl (C=O) groups is 2. The van der Waals surface area contributed by atoms with Gasteiger partial charge in [0.05, 0.1) is 16.0 Å². The highest BCUT2D eigenvalue weighted by Gasteiger charge is 2.40. The minimum atomic E-state index is -1.04. The quantitative estimate of drug-likeness (QED) is 0.874. The molecule has 1 aromatic rings. The van der Waals surface area contributed by atoms with Gasteiger partial charge >= 0.3 is 5.97 Å². The maximum Gasteiger partial charge on any atom is 0.327 e. The summed E-state index contributed by atoms with van der Waals surface area (Å²) in [7, 11) is 0. The van der Waals surface area contributed by atoms with Gasteiger partial charge in [-0.3, -0.25) is 4.79 Å². The molecule has 1 fully saturated rings. The monoisotopic (exact) mass is 301 g/mol. The first-order valence-corrected chi connectivity index (χ1v) is 7.00. The molecule has 1 saturated heterocycles. The van der Waals surface area contributed by atoms with E-state index in [1.165, 1.54) is 34.9 Å². The second-order valence-electron chi connectivity index (χ2n) is 4.16. The molecule has 5 nitrogen and oxygen atoms in total. The summed E-state index contributed by atoms with van der Waals surface area (Å²) in [6.45, 7) is 1.77. The lowest BCUT2D eigenvalue weighted by Gasteiger charge is -2.25. The first kappa shape index (κ1) is 14.0. The van der Waals surface area contributed by atoms with Gasteiger partial charge in [0.1, 0.15) is 11.8 Å². The van der Waals surface area contributed by atoms with Crippen molar-refractivity contribution < 1.29 is 19.8 Å². The molecule has 0 bridgehead atoms. The Labute approximate surface area is 119 Å². The van der Waals surface area contributed by atoms with E-state index in [-0.39, 0.29) is 21.7 Å². The van der Waals surface area contributed by atoms with E-state index in [4.69, 9.17) is 16.7 Å². The molecule has 102 valence electrons. The second kappa shape index (κ2) is 5.30. The number of nitrogens with zero attached hydrogens (tertiary/aromatic N) is 1. The molecule has 0 spiro atoms. The molecule has 0 radical (unpaired) electrons. The number of aliphatic carboxylic acids is 1. The molecule has 1 heterocycles. The van der Waals surface area contributed by atoms with Crippen molar-refractivity contribution in [1.29, 1.82) is 0 Å². The fourth-order valence-electron chi connectivity index (χ4n) is 1.96. The maximum absolute atomic E-state index is 12.4. The van der Waals surface area contributed by atoms with Crippen molar-refractivity contribution >= 4 is 35.2 Å². The van der Waals surface area contributed by atoms with Gasteiger partial charge in [-0.05, 0) is 25.1 Å². The van der Waals surface area contributed by atoms with E-state index in [0.29, 0.717) is 5.75 Å². The largest absolute Gasteiger partial charge is 0.508 e. The molecule has 0 saturated carbocycles. The molecule has 2 atom stereocenters. The highest BCUT2D eigenvalue weighted by Crippen LogP contribution is 2.32. The molecule has 1 aliphatic rings. The van der Waals surface area contributed by atoms with Gasteiger partial charge in [0.25, 0.3) is 5.91 Å². The van der Waals surface area contributed by atoms with Crippen LogP contribution in [-0.2, 0) is 4.79 Å². The highest BCUT2D eigenvalue weighted by atomic mass is 35.5. The number of thioether (sulfide) groups is 1. The summed E-state index contributed by atoms with van der Waals surface area (Å²) in [5.74, 6) is -1.26. The van der Waals surface area contributed by atoms with Gasteiger partial charge in [0, 0.05) is 5.75 Å². The molecular formula is C12H12ClNO4S. The number of halogens is 1. The minimum absolute atomic E-state index is 0.0841. The first-order chi connectivity index (χ1) is 8.91. The summed E-state index contributed by atoms with van der Waals surface area (Å²) in [5.41, 5.74) is 0.113. The molecular weight excluding hydrogens is 290 g/mol. The predicted octanol–water partition coefficient (Wildman–Crippen LogP) is 2.03. The maximum atomic E-state index is 12.4. The van der Waals surface area contributed by atoms with Crippen LogP contribution in [-0.4, -0.2) is 44.2 Å². The van der Waals surface area contributed by atoms with Gasteiger partial charge in [-0.2, -0.15) is 0 Å². The van der Waals surface area contributed by atoms with E-state index >= 15 is 0 Å². The van der Waals surface area contributed by atoms with Crippen LogP contribution in [0.4, 0.5) is 0 Å². The van der Waals surface area contributed by atoms with Crippen molar-refractivity contribution in [3.8, 4) is 5.75 Å². The molecule has 1 aliphatic heterocycles. The molecule has 7 heteroatoms. The number of aromatic hydroxyl groups is 1. The Morgan fingerprint density at radius 2 is 2.16 bits per heavy atom. The topological polar surface area (TPSA) is 77.8 Å². The molecule has 0 aromatic heterocycles. The van der Waals surface area contributed by atoms with Crippen LogP contribution >= 0.6 is 23.4 Å². The number of phenols is 1. The number of rotatable bonds is 2. The summed E-state index contributed by atoms with van der Waals surface area (Å²) in [5, 5.41) is 18.5. The molecule has 2 N–H and O–H groups in total. The summed E-state index contributed by atoms with van der Waals surface area (Å²) in [6, 6.07) is 3.16. The van der Waals surface area contributed by atoms with E-state index in [2.05, 4.69) is 0 Å². The van der Waals surface area contributed by atoms with Crippen molar-refractivity contribution in [3.63, 3.8) is 0 Å². The van der Waals surface area contributed by atoms with E-state index in [0.717, 1.165) is 0 Å². The number of benzene rings is 1. The zero-order valence-electron chi connectivity index (χ0n) is 10.0. The second-order valence-corrected chi connectivity index (χ2v) is 5.92. The number of hydrogen-bond donors (Lipinski definition) is 2. The average molecular weight is 302 g/mol. The van der Waals surface area contributed by atoms with Gasteiger partial charge in [-0.25, -0.2) is 4.79 Å². The van der Waals surface area contributed by atoms with Crippen molar-refractivity contribution in [2.75, 3.05) is 5.75 Å². The summed E-state index contributed by atoms with van der Waals surface area (Å²) in [6.07, 6.45) is 0. The Morgan fingerprint density at radius 1 is 1.47 bits per heavy atom. The van der Waals surface area contributed by atoms with Gasteiger partial charge in [0.15, 0.2) is 0 Å². The highest BCUT2D eigenvalue weighted by molar-refractivity contribution is 8.00. The normalized spacial score (nSPS) is 22.5. The van der Waals surface area contributed by atoms with Crippen LogP contribution in [0.3, 0.4) is 0 Å². The molecule has 0 aliphatic carbocycles. The molecule has 2 rings (SSSR count). The third kappa shape index (κ3) is 2.64. The molecule has 1 aromatic carbocycles. The summed E-state index contributed by atoms with van der Waals surface area (Å²) < 4.78 is 0. The lowest BCUT2D eigenvalue weighted by Crippen LogP contribution is -2.44. The Morgan fingerprint density at radius 3 is 2.79 bits per heavy atom. The summed E-state index contributed by atoms with van der Waals surface area (Å²) in [4.78, 5) is 24.8. The molecule has 1 amide bonds. The third-order valence-corrected chi connectivity index (χ3v) is 4.47. The van der Waals surface area contributed by atoms with E-state index < -0.39 is 17.9 Å². The number of carboxylic acid groups (broad SMARTS) is 1. The van der Waals surface area contributed by atoms with Crippen LogP contribution in [0.25, 0.3) is 0 Å². The number of carbonyl (C=O) groups excluding carboxylic acids is 1. The van der Waals surface area contributed by atoms with Crippen molar-refractivity contribution in [3.05, 3.63) is 28.8 Å². The van der Waals surface area contributed by atoms with Gasteiger partial charge in [0.2, 0.25) is 0 Å². The fraction of sp³-hybridized carbons (Fsp3) is 0.333. The first-order valence-electron chi connectivity index (χ1n) is 5.57. The third-order valence-electron chi connectivity index (χ3n) is 2.92. The van der Waals surface area contributed by atoms with Crippen molar-refractivity contribution in [2.45, 2.75) is 18.3 Å². The number of carboxylic acids is 1. The summed E-state index contributed by atoms with van der Waals surface area (Å²) >= 11 is 7.33. The Kier molecular flexibility index (Phi) is 3.91. The predicted molar refractivity (Wildman–Crippen MR) is 72.6 cm³/mol. The Balaban J connectivity index is 2.37. The number of phenolic OH excluding ortho intramolecular Hbond substituents is 1. The van der Waals surface area contributed by atoms with E-state index in [9.17, 15) is 14.7 Å². The average Bonchev–Trinajstić information content (AvgIpc) is 2.73. The van der Waals surface area contributed by atoms with Crippen LogP contribution < -0.4 is 0 Å². The zero-order chi connectivity index (χ0) is 14.2. The van der Waals surface area contributed by atoms with Gasteiger partial charge in [-0.1, -0.05) is 11.6 Å². The zero-order valence-corrected chi connectivity index (χ0v) is 11.6. The Hall–Kier alpha value is -1.40. The van der Waals surface area contributed by atoms with Crippen LogP contribution in [0.5, 0.6) is 5.75 Å². The smallest absolute Gasteiger partial charge is 0.327 e. The van der Waals surface area contributed by atoms with Crippen LogP contribution in [0.15, 0.2) is 18.2 Å². The minimum Gasteiger partial charge on any atom is -0.508 e. The van der Waals surface area contributed by atoms with Crippen molar-refractivity contribution in [1.82, 2.24) is 4.90 Å².